The van der Waals surface area contributed by atoms with E-state index >= 15 is 0 Å². The van der Waals surface area contributed by atoms with E-state index in [0.29, 0.717) is 17.5 Å². The van der Waals surface area contributed by atoms with Crippen LogP contribution in [0.4, 0.5) is 15.8 Å². The number of aromatic nitrogens is 1. The summed E-state index contributed by atoms with van der Waals surface area (Å²) in [5, 5.41) is 13.3. The molecule has 0 atom stereocenters. The van der Waals surface area contributed by atoms with Gasteiger partial charge in [0, 0.05) is 24.4 Å². The number of thioether (sulfide) groups is 1. The molecular formula is C18H14FN3O5S2. The Kier molecular flexibility index (Phi) is 6.39. The molecule has 0 fully saturated rings. The van der Waals surface area contributed by atoms with Crippen LogP contribution in [0, 0.1) is 15.9 Å². The molecule has 1 heterocycles. The highest BCUT2D eigenvalue weighted by Gasteiger charge is 2.17. The number of esters is 1. The Hall–Kier alpha value is -3.05. The van der Waals surface area contributed by atoms with Crippen molar-refractivity contribution >= 4 is 56.6 Å². The summed E-state index contributed by atoms with van der Waals surface area (Å²) in [4.78, 5) is 37.5. The van der Waals surface area contributed by atoms with E-state index in [1.165, 1.54) is 30.0 Å². The molecule has 0 spiro atoms. The SMILES string of the molecule is CC(=O)OCCSc1nc2ccc(NC(=O)c3ccc([N+](=O)[O-])cc3F)cc2s1. The van der Waals surface area contributed by atoms with E-state index in [-0.39, 0.29) is 18.1 Å². The van der Waals surface area contributed by atoms with Crippen LogP contribution in [-0.2, 0) is 9.53 Å². The van der Waals surface area contributed by atoms with Crippen LogP contribution in [0.15, 0.2) is 40.7 Å². The van der Waals surface area contributed by atoms with Crippen LogP contribution in [0.3, 0.4) is 0 Å². The number of anilines is 1. The second-order valence-electron chi connectivity index (χ2n) is 5.73. The van der Waals surface area contributed by atoms with Crippen molar-refractivity contribution in [3.05, 3.63) is 57.9 Å². The van der Waals surface area contributed by atoms with Crippen LogP contribution >= 0.6 is 23.1 Å². The van der Waals surface area contributed by atoms with Gasteiger partial charge in [0.2, 0.25) is 0 Å². The summed E-state index contributed by atoms with van der Waals surface area (Å²) in [6.45, 7) is 1.64. The van der Waals surface area contributed by atoms with E-state index < -0.39 is 22.3 Å². The maximum atomic E-state index is 14.0. The lowest BCUT2D eigenvalue weighted by Crippen LogP contribution is -2.13. The summed E-state index contributed by atoms with van der Waals surface area (Å²) in [6, 6.07) is 7.93. The largest absolute Gasteiger partial charge is 0.465 e. The van der Waals surface area contributed by atoms with Crippen LogP contribution in [0.25, 0.3) is 10.2 Å². The van der Waals surface area contributed by atoms with Crippen molar-refractivity contribution in [1.29, 1.82) is 0 Å². The number of non-ortho nitro benzene ring substituents is 1. The number of rotatable bonds is 7. The lowest BCUT2D eigenvalue weighted by Gasteiger charge is -2.06. The zero-order valence-electron chi connectivity index (χ0n) is 15.0. The summed E-state index contributed by atoms with van der Waals surface area (Å²) in [7, 11) is 0. The lowest BCUT2D eigenvalue weighted by molar-refractivity contribution is -0.385. The van der Waals surface area contributed by atoms with E-state index in [1.54, 1.807) is 18.2 Å². The number of thiazole rings is 1. The standard InChI is InChI=1S/C18H14FN3O5S2/c1-10(23)27-6-7-28-18-21-15-5-2-11(8-16(15)29-18)20-17(24)13-4-3-12(22(25)26)9-14(13)19/h2-5,8-9H,6-7H2,1H3,(H,20,24). The summed E-state index contributed by atoms with van der Waals surface area (Å²) in [5.74, 6) is -1.44. The molecule has 0 aliphatic rings. The molecule has 1 aromatic heterocycles. The van der Waals surface area contributed by atoms with Gasteiger partial charge in [-0.05, 0) is 24.3 Å². The fraction of sp³-hybridized carbons (Fsp3) is 0.167. The number of hydrogen-bond donors (Lipinski definition) is 1. The first-order valence-corrected chi connectivity index (χ1v) is 10.1. The van der Waals surface area contributed by atoms with Gasteiger partial charge in [-0.25, -0.2) is 9.37 Å². The number of carbonyl (C=O) groups is 2. The Morgan fingerprint density at radius 3 is 2.79 bits per heavy atom. The zero-order chi connectivity index (χ0) is 21.0. The minimum atomic E-state index is -0.970. The molecule has 3 rings (SSSR count). The lowest BCUT2D eigenvalue weighted by atomic mass is 10.1. The number of nitrogens with zero attached hydrogens (tertiary/aromatic N) is 2. The molecule has 8 nitrogen and oxygen atoms in total. The van der Waals surface area contributed by atoms with E-state index in [0.717, 1.165) is 26.7 Å². The van der Waals surface area contributed by atoms with Crippen molar-refractivity contribution in [2.45, 2.75) is 11.3 Å². The molecule has 0 aliphatic carbocycles. The molecule has 29 heavy (non-hydrogen) atoms. The molecule has 1 N–H and O–H groups in total. The third kappa shape index (κ3) is 5.27. The molecule has 0 saturated carbocycles. The van der Waals surface area contributed by atoms with Crippen LogP contribution in [0.2, 0.25) is 0 Å². The molecule has 150 valence electrons. The van der Waals surface area contributed by atoms with E-state index in [2.05, 4.69) is 10.3 Å². The number of benzene rings is 2. The van der Waals surface area contributed by atoms with Crippen molar-refractivity contribution in [2.24, 2.45) is 0 Å². The molecular weight excluding hydrogens is 421 g/mol. The summed E-state index contributed by atoms with van der Waals surface area (Å²) < 4.78 is 20.5. The first-order chi connectivity index (χ1) is 13.8. The van der Waals surface area contributed by atoms with Crippen LogP contribution in [0.5, 0.6) is 0 Å². The topological polar surface area (TPSA) is 111 Å². The third-order valence-corrected chi connectivity index (χ3v) is 5.77. The summed E-state index contributed by atoms with van der Waals surface area (Å²) in [6.07, 6.45) is 0. The fourth-order valence-electron chi connectivity index (χ4n) is 2.36. The van der Waals surface area contributed by atoms with Crippen LogP contribution in [0.1, 0.15) is 17.3 Å². The molecule has 0 aliphatic heterocycles. The highest BCUT2D eigenvalue weighted by atomic mass is 32.2. The van der Waals surface area contributed by atoms with Gasteiger partial charge in [-0.3, -0.25) is 19.7 Å². The first kappa shape index (κ1) is 20.7. The van der Waals surface area contributed by atoms with Gasteiger partial charge >= 0.3 is 5.97 Å². The molecule has 0 unspecified atom stereocenters. The van der Waals surface area contributed by atoms with Crippen molar-refractivity contribution in [3.63, 3.8) is 0 Å². The monoisotopic (exact) mass is 435 g/mol. The van der Waals surface area contributed by atoms with Crippen molar-refractivity contribution in [2.75, 3.05) is 17.7 Å². The number of hydrogen-bond acceptors (Lipinski definition) is 8. The van der Waals surface area contributed by atoms with Gasteiger partial charge in [0.1, 0.15) is 12.4 Å². The molecule has 11 heteroatoms. The van der Waals surface area contributed by atoms with Gasteiger partial charge in [0.05, 0.1) is 26.8 Å². The van der Waals surface area contributed by atoms with Gasteiger partial charge in [-0.15, -0.1) is 11.3 Å². The van der Waals surface area contributed by atoms with E-state index in [9.17, 15) is 24.1 Å². The number of amides is 1. The van der Waals surface area contributed by atoms with Gasteiger partial charge in [-0.1, -0.05) is 11.8 Å². The maximum absolute atomic E-state index is 14.0. The Bertz CT molecular complexity index is 1100. The van der Waals surface area contributed by atoms with Gasteiger partial charge in [-0.2, -0.15) is 0 Å². The molecule has 0 radical (unpaired) electrons. The second-order valence-corrected chi connectivity index (χ2v) is 8.10. The first-order valence-electron chi connectivity index (χ1n) is 8.25. The quantitative estimate of drug-likeness (QED) is 0.194. The number of ether oxygens (including phenoxy) is 1. The van der Waals surface area contributed by atoms with Crippen LogP contribution < -0.4 is 5.32 Å². The molecule has 3 aromatic rings. The summed E-state index contributed by atoms with van der Waals surface area (Å²) in [5.41, 5.74) is 0.468. The zero-order valence-corrected chi connectivity index (χ0v) is 16.6. The summed E-state index contributed by atoms with van der Waals surface area (Å²) >= 11 is 2.86. The number of halogens is 1. The minimum absolute atomic E-state index is 0.290. The fourth-order valence-corrected chi connectivity index (χ4v) is 4.35. The highest BCUT2D eigenvalue weighted by Crippen LogP contribution is 2.31. The molecule has 1 amide bonds. The van der Waals surface area contributed by atoms with Gasteiger partial charge in [0.15, 0.2) is 4.34 Å². The Morgan fingerprint density at radius 2 is 2.10 bits per heavy atom. The predicted octanol–water partition coefficient (Wildman–Crippen LogP) is 4.25. The molecule has 0 bridgehead atoms. The Morgan fingerprint density at radius 1 is 1.31 bits per heavy atom. The van der Waals surface area contributed by atoms with E-state index in [4.69, 9.17) is 4.74 Å². The normalized spacial score (nSPS) is 10.7. The van der Waals surface area contributed by atoms with Gasteiger partial charge < -0.3 is 10.1 Å². The second kappa shape index (κ2) is 8.97. The molecule has 2 aromatic carbocycles. The Balaban J connectivity index is 1.69. The van der Waals surface area contributed by atoms with Crippen molar-refractivity contribution in [1.82, 2.24) is 4.98 Å². The number of fused-ring (bicyclic) bond motifs is 1. The average molecular weight is 435 g/mol. The minimum Gasteiger partial charge on any atom is -0.465 e. The Labute approximate surface area is 172 Å². The number of nitrogens with one attached hydrogen (secondary N) is 1. The predicted molar refractivity (Wildman–Crippen MR) is 108 cm³/mol. The third-order valence-electron chi connectivity index (χ3n) is 3.65. The number of nitro groups is 1. The number of carbonyl (C=O) groups excluding carboxylic acids is 2. The van der Waals surface area contributed by atoms with Gasteiger partial charge in [0.25, 0.3) is 11.6 Å². The average Bonchev–Trinajstić information content (AvgIpc) is 3.06. The highest BCUT2D eigenvalue weighted by molar-refractivity contribution is 8.01. The smallest absolute Gasteiger partial charge is 0.302 e. The van der Waals surface area contributed by atoms with E-state index in [1.807, 2.05) is 0 Å². The van der Waals surface area contributed by atoms with Crippen LogP contribution in [-0.4, -0.2) is 34.1 Å². The number of nitro benzene ring substituents is 1. The van der Waals surface area contributed by atoms with Crippen molar-refractivity contribution < 1.29 is 23.6 Å². The molecule has 0 saturated heterocycles. The maximum Gasteiger partial charge on any atom is 0.302 e. The van der Waals surface area contributed by atoms with Crippen molar-refractivity contribution in [3.8, 4) is 0 Å².